The summed E-state index contributed by atoms with van der Waals surface area (Å²) in [7, 11) is 0. The molecule has 0 radical (unpaired) electrons. The monoisotopic (exact) mass is 311 g/mol. The molecule has 0 saturated carbocycles. The number of nitrogens with zero attached hydrogens (tertiary/aromatic N) is 3. The van der Waals surface area contributed by atoms with Crippen LogP contribution in [0.2, 0.25) is 5.02 Å². The molecule has 2 rings (SSSR count). The van der Waals surface area contributed by atoms with Crippen LogP contribution in [0.3, 0.4) is 0 Å². The molecular formula is C14H18ClN3O3. The lowest BCUT2D eigenvalue weighted by Gasteiger charge is -2.14. The van der Waals surface area contributed by atoms with E-state index in [4.69, 9.17) is 16.3 Å². The third-order valence-electron chi connectivity index (χ3n) is 3.33. The maximum absolute atomic E-state index is 12.4. The number of esters is 1. The molecule has 6 nitrogen and oxygen atoms in total. The van der Waals surface area contributed by atoms with Crippen LogP contribution in [0.25, 0.3) is 11.0 Å². The molecule has 114 valence electrons. The van der Waals surface area contributed by atoms with Crippen molar-refractivity contribution in [3.63, 3.8) is 0 Å². The van der Waals surface area contributed by atoms with E-state index < -0.39 is 5.97 Å². The van der Waals surface area contributed by atoms with Crippen molar-refractivity contribution in [1.82, 2.24) is 9.78 Å². The molecule has 7 heteroatoms. The van der Waals surface area contributed by atoms with Gasteiger partial charge >= 0.3 is 11.6 Å². The first-order chi connectivity index (χ1) is 10.0. The standard InChI is InChI=1S/C14H18ClN3O3/c1-4-6-7-17-13-10(8-16-17)12(15)11(9(3)18(13)20)14(19)21-5-2/h8H,4-7H2,1-3H3. The van der Waals surface area contributed by atoms with Crippen LogP contribution in [0.4, 0.5) is 0 Å². The van der Waals surface area contributed by atoms with Crippen LogP contribution in [0, 0.1) is 12.1 Å². The fourth-order valence-electron chi connectivity index (χ4n) is 2.21. The highest BCUT2D eigenvalue weighted by Gasteiger charge is 2.26. The molecule has 0 amide bonds. The Morgan fingerprint density at radius 2 is 2.24 bits per heavy atom. The Morgan fingerprint density at radius 1 is 1.52 bits per heavy atom. The summed E-state index contributed by atoms with van der Waals surface area (Å²) < 4.78 is 7.29. The highest BCUT2D eigenvalue weighted by Crippen LogP contribution is 2.27. The van der Waals surface area contributed by atoms with Gasteiger partial charge in [-0.2, -0.15) is 0 Å². The third-order valence-corrected chi connectivity index (χ3v) is 3.72. The van der Waals surface area contributed by atoms with Gasteiger partial charge in [-0.15, -0.1) is 4.68 Å². The number of aromatic nitrogens is 3. The molecule has 0 aliphatic carbocycles. The van der Waals surface area contributed by atoms with Gasteiger partial charge < -0.3 is 9.94 Å². The van der Waals surface area contributed by atoms with Crippen LogP contribution < -0.4 is 4.73 Å². The fraction of sp³-hybridized carbons (Fsp3) is 0.500. The van der Waals surface area contributed by atoms with Crippen LogP contribution in [-0.2, 0) is 11.3 Å². The second kappa shape index (κ2) is 6.30. The van der Waals surface area contributed by atoms with Crippen molar-refractivity contribution < 1.29 is 14.3 Å². The SMILES string of the molecule is CCCCn1ncc2c(Cl)c(C(=O)OCC)c(C)[n+]([O-])c21. The first kappa shape index (κ1) is 15.6. The maximum atomic E-state index is 12.4. The van der Waals surface area contributed by atoms with Gasteiger partial charge in [-0.25, -0.2) is 9.52 Å². The molecule has 0 bridgehead atoms. The smallest absolute Gasteiger partial charge is 0.343 e. The van der Waals surface area contributed by atoms with Crippen LogP contribution in [0.5, 0.6) is 0 Å². The summed E-state index contributed by atoms with van der Waals surface area (Å²) in [5.41, 5.74) is 0.708. The number of aryl methyl sites for hydroxylation is 1. The highest BCUT2D eigenvalue weighted by atomic mass is 35.5. The van der Waals surface area contributed by atoms with E-state index >= 15 is 0 Å². The minimum Gasteiger partial charge on any atom is -0.710 e. The van der Waals surface area contributed by atoms with Crippen LogP contribution in [0.1, 0.15) is 42.7 Å². The van der Waals surface area contributed by atoms with E-state index in [-0.39, 0.29) is 22.9 Å². The molecule has 0 aliphatic rings. The molecule has 0 unspecified atom stereocenters. The molecule has 0 spiro atoms. The van der Waals surface area contributed by atoms with Crippen molar-refractivity contribution in [1.29, 1.82) is 0 Å². The molecule has 0 atom stereocenters. The van der Waals surface area contributed by atoms with Crippen LogP contribution in [0.15, 0.2) is 6.20 Å². The van der Waals surface area contributed by atoms with Gasteiger partial charge in [0.25, 0.3) is 0 Å². The van der Waals surface area contributed by atoms with Gasteiger partial charge in [0.2, 0.25) is 0 Å². The summed E-state index contributed by atoms with van der Waals surface area (Å²) in [4.78, 5) is 12.0. The van der Waals surface area contributed by atoms with E-state index in [0.717, 1.165) is 12.8 Å². The number of hydrogen-bond acceptors (Lipinski definition) is 4. The summed E-state index contributed by atoms with van der Waals surface area (Å²) in [5, 5.41) is 17.3. The van der Waals surface area contributed by atoms with Gasteiger partial charge in [0.15, 0.2) is 0 Å². The summed E-state index contributed by atoms with van der Waals surface area (Å²) in [5.74, 6) is -0.590. The number of halogens is 1. The Kier molecular flexibility index (Phi) is 4.67. The summed E-state index contributed by atoms with van der Waals surface area (Å²) in [6.07, 6.45) is 3.42. The molecule has 0 aromatic carbocycles. The summed E-state index contributed by atoms with van der Waals surface area (Å²) in [6, 6.07) is 0. The van der Waals surface area contributed by atoms with Crippen molar-refractivity contribution in [2.45, 2.75) is 40.2 Å². The second-order valence-electron chi connectivity index (χ2n) is 4.75. The number of fused-ring (bicyclic) bond motifs is 1. The summed E-state index contributed by atoms with van der Waals surface area (Å²) in [6.45, 7) is 6.18. The Morgan fingerprint density at radius 3 is 2.86 bits per heavy atom. The first-order valence-corrected chi connectivity index (χ1v) is 7.34. The molecular weight excluding hydrogens is 294 g/mol. The summed E-state index contributed by atoms with van der Waals surface area (Å²) >= 11 is 6.29. The predicted molar refractivity (Wildman–Crippen MR) is 79.3 cm³/mol. The fourth-order valence-corrected chi connectivity index (χ4v) is 2.56. The van der Waals surface area contributed by atoms with Gasteiger partial charge in [0.1, 0.15) is 23.2 Å². The molecule has 2 aromatic heterocycles. The quantitative estimate of drug-likeness (QED) is 0.483. The van der Waals surface area contributed by atoms with Crippen molar-refractivity contribution in [2.24, 2.45) is 0 Å². The number of unbranched alkanes of at least 4 members (excludes halogenated alkanes) is 1. The van der Waals surface area contributed by atoms with Crippen LogP contribution in [-0.4, -0.2) is 22.4 Å². The Hall–Kier alpha value is -1.82. The number of hydrogen-bond donors (Lipinski definition) is 0. The van der Waals surface area contributed by atoms with E-state index in [9.17, 15) is 10.0 Å². The maximum Gasteiger partial charge on any atom is 0.343 e. The number of ether oxygens (including phenoxy) is 1. The second-order valence-corrected chi connectivity index (χ2v) is 5.13. The average molecular weight is 312 g/mol. The Balaban J connectivity index is 2.64. The van der Waals surface area contributed by atoms with E-state index in [1.165, 1.54) is 6.20 Å². The molecule has 0 N–H and O–H groups in total. The highest BCUT2D eigenvalue weighted by molar-refractivity contribution is 6.38. The Bertz CT molecular complexity index is 682. The zero-order valence-electron chi connectivity index (χ0n) is 12.4. The lowest BCUT2D eigenvalue weighted by atomic mass is 10.1. The third kappa shape index (κ3) is 2.68. The van der Waals surface area contributed by atoms with Gasteiger partial charge in [0.05, 0.1) is 17.8 Å². The number of pyridine rings is 1. The number of rotatable bonds is 5. The van der Waals surface area contributed by atoms with Gasteiger partial charge in [-0.1, -0.05) is 30.0 Å². The van der Waals surface area contributed by atoms with Crippen molar-refractivity contribution in [2.75, 3.05) is 6.61 Å². The van der Waals surface area contributed by atoms with E-state index in [0.29, 0.717) is 22.3 Å². The topological polar surface area (TPSA) is 71.1 Å². The van der Waals surface area contributed by atoms with Crippen molar-refractivity contribution >= 4 is 28.6 Å². The largest absolute Gasteiger partial charge is 0.710 e. The molecule has 0 saturated heterocycles. The normalized spacial score (nSPS) is 11.0. The van der Waals surface area contributed by atoms with Gasteiger partial charge in [-0.3, -0.25) is 0 Å². The molecule has 2 aromatic rings. The number of carbonyl (C=O) groups is 1. The molecule has 2 heterocycles. The minimum atomic E-state index is -0.590. The zero-order chi connectivity index (χ0) is 15.6. The lowest BCUT2D eigenvalue weighted by molar-refractivity contribution is -0.587. The van der Waals surface area contributed by atoms with E-state index in [2.05, 4.69) is 12.0 Å². The van der Waals surface area contributed by atoms with E-state index in [1.54, 1.807) is 18.5 Å². The average Bonchev–Trinajstić information content (AvgIpc) is 2.87. The van der Waals surface area contributed by atoms with Crippen molar-refractivity contribution in [3.8, 4) is 0 Å². The Labute approximate surface area is 127 Å². The first-order valence-electron chi connectivity index (χ1n) is 6.97. The van der Waals surface area contributed by atoms with Crippen molar-refractivity contribution in [3.05, 3.63) is 27.7 Å². The van der Waals surface area contributed by atoms with Crippen LogP contribution >= 0.6 is 11.6 Å². The predicted octanol–water partition coefficient (Wildman–Crippen LogP) is 2.61. The van der Waals surface area contributed by atoms with Gasteiger partial charge in [-0.05, 0) is 20.3 Å². The van der Waals surface area contributed by atoms with Gasteiger partial charge in [0, 0.05) is 0 Å². The zero-order valence-corrected chi connectivity index (χ0v) is 13.1. The van der Waals surface area contributed by atoms with E-state index in [1.807, 2.05) is 0 Å². The lowest BCUT2D eigenvalue weighted by Crippen LogP contribution is -2.36. The molecule has 0 aliphatic heterocycles. The molecule has 21 heavy (non-hydrogen) atoms. The minimum absolute atomic E-state index is 0.107. The molecule has 0 fully saturated rings. The number of carbonyl (C=O) groups excluding carboxylic acids is 1.